The Kier molecular flexibility index (Phi) is 7.76. The van der Waals surface area contributed by atoms with Crippen LogP contribution in [0.15, 0.2) is 52.1 Å². The number of hydrogen-bond acceptors (Lipinski definition) is 5. The second-order valence-electron chi connectivity index (χ2n) is 6.08. The van der Waals surface area contributed by atoms with Crippen molar-refractivity contribution in [2.75, 3.05) is 11.1 Å². The Morgan fingerprint density at radius 1 is 1.17 bits per heavy atom. The van der Waals surface area contributed by atoms with E-state index in [1.165, 1.54) is 11.8 Å². The molecule has 2 aromatic carbocycles. The topological polar surface area (TPSA) is 88.9 Å². The molecule has 0 unspecified atom stereocenters. The molecule has 0 aliphatic rings. The number of rotatable bonds is 7. The van der Waals surface area contributed by atoms with Crippen LogP contribution in [0, 0.1) is 0 Å². The zero-order chi connectivity index (χ0) is 21.7. The number of hydrogen-bond donors (Lipinski definition) is 2. The second-order valence-corrected chi connectivity index (χ2v) is 8.72. The van der Waals surface area contributed by atoms with Crippen LogP contribution < -0.4 is 10.6 Å². The Bertz CT molecular complexity index is 1090. The third-order valence-corrected chi connectivity index (χ3v) is 6.25. The summed E-state index contributed by atoms with van der Waals surface area (Å²) in [6.45, 7) is 0.205. The highest BCUT2D eigenvalue weighted by molar-refractivity contribution is 9.10. The quantitative estimate of drug-likeness (QED) is 0.439. The van der Waals surface area contributed by atoms with Crippen LogP contribution in [0.4, 0.5) is 5.69 Å². The molecular formula is C19H16BrCl2N5O2S. The molecule has 1 aromatic heterocycles. The molecule has 7 nitrogen and oxygen atoms in total. The number of carbonyl (C=O) groups excluding carboxylic acids is 2. The van der Waals surface area contributed by atoms with Crippen LogP contribution in [0.1, 0.15) is 16.2 Å². The first-order valence-corrected chi connectivity index (χ1v) is 11.2. The normalized spacial score (nSPS) is 10.7. The predicted octanol–water partition coefficient (Wildman–Crippen LogP) is 4.55. The van der Waals surface area contributed by atoms with Gasteiger partial charge in [-0.1, -0.05) is 47.1 Å². The number of amides is 2. The van der Waals surface area contributed by atoms with Crippen LogP contribution in [0.3, 0.4) is 0 Å². The lowest BCUT2D eigenvalue weighted by atomic mass is 10.2. The molecule has 0 aliphatic heterocycles. The number of nitrogens with one attached hydrogen (secondary N) is 2. The molecule has 2 amide bonds. The van der Waals surface area contributed by atoms with Gasteiger partial charge in [0.1, 0.15) is 0 Å². The molecule has 0 saturated heterocycles. The molecule has 2 N–H and O–H groups in total. The maximum atomic E-state index is 12.3. The number of benzene rings is 2. The van der Waals surface area contributed by atoms with E-state index >= 15 is 0 Å². The van der Waals surface area contributed by atoms with Gasteiger partial charge in [-0.05, 0) is 46.3 Å². The zero-order valence-electron chi connectivity index (χ0n) is 15.7. The van der Waals surface area contributed by atoms with Crippen molar-refractivity contribution in [1.82, 2.24) is 20.1 Å². The summed E-state index contributed by atoms with van der Waals surface area (Å²) >= 11 is 16.5. The molecule has 1 heterocycles. The SMILES string of the molecule is Cn1c(CNC(=O)c2ccccc2Br)nnc1SCC(=O)Nc1ccc(Cl)cc1Cl. The van der Waals surface area contributed by atoms with Crippen LogP contribution in [0.25, 0.3) is 0 Å². The van der Waals surface area contributed by atoms with E-state index in [2.05, 4.69) is 36.8 Å². The first kappa shape index (κ1) is 22.6. The van der Waals surface area contributed by atoms with Crippen molar-refractivity contribution in [2.45, 2.75) is 11.7 Å². The van der Waals surface area contributed by atoms with Crippen LogP contribution in [0.2, 0.25) is 10.0 Å². The van der Waals surface area contributed by atoms with E-state index in [9.17, 15) is 9.59 Å². The number of aromatic nitrogens is 3. The van der Waals surface area contributed by atoms with Crippen molar-refractivity contribution in [1.29, 1.82) is 0 Å². The number of nitrogens with zero attached hydrogens (tertiary/aromatic N) is 3. The van der Waals surface area contributed by atoms with Gasteiger partial charge in [0.05, 0.1) is 28.6 Å². The van der Waals surface area contributed by atoms with Crippen LogP contribution in [0.5, 0.6) is 0 Å². The molecule has 0 fully saturated rings. The van der Waals surface area contributed by atoms with Crippen molar-refractivity contribution in [3.63, 3.8) is 0 Å². The van der Waals surface area contributed by atoms with E-state index in [1.807, 2.05) is 6.07 Å². The number of carbonyl (C=O) groups is 2. The van der Waals surface area contributed by atoms with Crippen LogP contribution in [-0.2, 0) is 18.4 Å². The molecular weight excluding hydrogens is 513 g/mol. The highest BCUT2D eigenvalue weighted by Gasteiger charge is 2.14. The minimum Gasteiger partial charge on any atom is -0.345 e. The van der Waals surface area contributed by atoms with Gasteiger partial charge in [-0.3, -0.25) is 9.59 Å². The minimum atomic E-state index is -0.240. The average molecular weight is 529 g/mol. The summed E-state index contributed by atoms with van der Waals surface area (Å²) in [5.74, 6) is 0.225. The van der Waals surface area contributed by atoms with Crippen LogP contribution in [-0.4, -0.2) is 32.3 Å². The van der Waals surface area contributed by atoms with E-state index in [1.54, 1.807) is 48.0 Å². The summed E-state index contributed by atoms with van der Waals surface area (Å²) in [5.41, 5.74) is 1.02. The fraction of sp³-hybridized carbons (Fsp3) is 0.158. The fourth-order valence-corrected chi connectivity index (χ4v) is 4.08. The highest BCUT2D eigenvalue weighted by Crippen LogP contribution is 2.26. The van der Waals surface area contributed by atoms with Crippen molar-refractivity contribution < 1.29 is 9.59 Å². The van der Waals surface area contributed by atoms with E-state index < -0.39 is 0 Å². The molecule has 3 aromatic rings. The number of halogens is 3. The van der Waals surface area contributed by atoms with Crippen molar-refractivity contribution in [3.8, 4) is 0 Å². The molecule has 0 saturated carbocycles. The van der Waals surface area contributed by atoms with Gasteiger partial charge in [-0.15, -0.1) is 10.2 Å². The summed E-state index contributed by atoms with van der Waals surface area (Å²) in [5, 5.41) is 15.1. The molecule has 11 heteroatoms. The average Bonchev–Trinajstić information content (AvgIpc) is 3.06. The van der Waals surface area contributed by atoms with Crippen molar-refractivity contribution in [3.05, 3.63) is 68.4 Å². The Morgan fingerprint density at radius 2 is 1.93 bits per heavy atom. The standard InChI is InChI=1S/C19H16BrCl2N5O2S/c1-27-16(9-23-18(29)12-4-2-3-5-13(12)20)25-26-19(27)30-10-17(28)24-15-7-6-11(21)8-14(15)22/h2-8H,9-10H2,1H3,(H,23,29)(H,24,28). The highest BCUT2D eigenvalue weighted by atomic mass is 79.9. The smallest absolute Gasteiger partial charge is 0.252 e. The van der Waals surface area contributed by atoms with E-state index in [0.29, 0.717) is 36.7 Å². The largest absolute Gasteiger partial charge is 0.345 e. The summed E-state index contributed by atoms with van der Waals surface area (Å²) in [4.78, 5) is 24.5. The Labute approximate surface area is 195 Å². The third-order valence-electron chi connectivity index (χ3n) is 3.99. The van der Waals surface area contributed by atoms with E-state index in [4.69, 9.17) is 23.2 Å². The maximum Gasteiger partial charge on any atom is 0.252 e. The lowest BCUT2D eigenvalue weighted by Gasteiger charge is -2.08. The number of thioether (sulfide) groups is 1. The van der Waals surface area contributed by atoms with E-state index in [-0.39, 0.29) is 24.1 Å². The molecule has 0 atom stereocenters. The van der Waals surface area contributed by atoms with Gasteiger partial charge in [0.25, 0.3) is 5.91 Å². The zero-order valence-corrected chi connectivity index (χ0v) is 19.6. The van der Waals surface area contributed by atoms with Gasteiger partial charge in [0.2, 0.25) is 5.91 Å². The first-order chi connectivity index (χ1) is 14.3. The lowest BCUT2D eigenvalue weighted by molar-refractivity contribution is -0.113. The van der Waals surface area contributed by atoms with Crippen molar-refractivity contribution in [2.24, 2.45) is 7.05 Å². The Hall–Kier alpha value is -2.07. The molecule has 3 rings (SSSR count). The summed E-state index contributed by atoms with van der Waals surface area (Å²) in [6.07, 6.45) is 0. The fourth-order valence-electron chi connectivity index (χ4n) is 2.43. The minimum absolute atomic E-state index is 0.119. The molecule has 0 radical (unpaired) electrons. The van der Waals surface area contributed by atoms with Gasteiger partial charge in [0.15, 0.2) is 11.0 Å². The van der Waals surface area contributed by atoms with Gasteiger partial charge in [-0.2, -0.15) is 0 Å². The predicted molar refractivity (Wildman–Crippen MR) is 122 cm³/mol. The Balaban J connectivity index is 1.54. The molecule has 0 bridgehead atoms. The Morgan fingerprint density at radius 3 is 2.67 bits per heavy atom. The summed E-state index contributed by atoms with van der Waals surface area (Å²) in [6, 6.07) is 12.0. The van der Waals surface area contributed by atoms with Gasteiger partial charge in [-0.25, -0.2) is 0 Å². The molecule has 30 heavy (non-hydrogen) atoms. The third kappa shape index (κ3) is 5.75. The van der Waals surface area contributed by atoms with E-state index in [0.717, 1.165) is 0 Å². The second kappa shape index (κ2) is 10.3. The molecule has 0 spiro atoms. The van der Waals surface area contributed by atoms with Gasteiger partial charge < -0.3 is 15.2 Å². The first-order valence-electron chi connectivity index (χ1n) is 8.64. The number of anilines is 1. The lowest BCUT2D eigenvalue weighted by Crippen LogP contribution is -2.24. The van der Waals surface area contributed by atoms with Crippen molar-refractivity contribution >= 4 is 68.4 Å². The molecule has 0 aliphatic carbocycles. The van der Waals surface area contributed by atoms with Crippen LogP contribution >= 0.6 is 50.9 Å². The molecule has 156 valence electrons. The monoisotopic (exact) mass is 527 g/mol. The maximum absolute atomic E-state index is 12.3. The van der Waals surface area contributed by atoms with Gasteiger partial charge >= 0.3 is 0 Å². The summed E-state index contributed by atoms with van der Waals surface area (Å²) in [7, 11) is 1.77. The summed E-state index contributed by atoms with van der Waals surface area (Å²) < 4.78 is 2.44. The van der Waals surface area contributed by atoms with Gasteiger partial charge in [0, 0.05) is 16.5 Å².